The van der Waals surface area contributed by atoms with Crippen molar-refractivity contribution in [2.24, 2.45) is 4.99 Å². The van der Waals surface area contributed by atoms with Crippen LogP contribution in [0.2, 0.25) is 5.02 Å². The maximum Gasteiger partial charge on any atom is 0.164 e. The normalized spacial score (nSPS) is 22.5. The number of hydrogen-bond donors (Lipinski definition) is 0. The predicted molar refractivity (Wildman–Crippen MR) is 83.0 cm³/mol. The smallest absolute Gasteiger partial charge is 0.164 e. The molecule has 0 spiro atoms. The monoisotopic (exact) mass is 282 g/mol. The van der Waals surface area contributed by atoms with Gasteiger partial charge in [-0.05, 0) is 38.5 Å². The molecule has 18 heavy (non-hydrogen) atoms. The standard InChI is InChI=1S/C14H19ClN2S/c1-10-9-14(2,3)16-13(18-10)17(4)12-7-5-6-11(15)8-12/h5-8,10H,9H2,1-4H3. The molecule has 98 valence electrons. The van der Waals surface area contributed by atoms with Crippen LogP contribution in [0, 0.1) is 0 Å². The predicted octanol–water partition coefficient (Wildman–Crippen LogP) is 4.44. The lowest BCUT2D eigenvalue weighted by Gasteiger charge is -2.34. The lowest BCUT2D eigenvalue weighted by atomic mass is 10.00. The Morgan fingerprint density at radius 1 is 1.44 bits per heavy atom. The topological polar surface area (TPSA) is 15.6 Å². The van der Waals surface area contributed by atoms with Gasteiger partial charge in [0.05, 0.1) is 5.54 Å². The second kappa shape index (κ2) is 5.14. The summed E-state index contributed by atoms with van der Waals surface area (Å²) < 4.78 is 0. The number of amidine groups is 1. The van der Waals surface area contributed by atoms with E-state index in [1.165, 1.54) is 0 Å². The van der Waals surface area contributed by atoms with E-state index >= 15 is 0 Å². The van der Waals surface area contributed by atoms with Crippen LogP contribution in [0.4, 0.5) is 5.69 Å². The van der Waals surface area contributed by atoms with E-state index in [1.54, 1.807) is 0 Å². The van der Waals surface area contributed by atoms with Crippen molar-refractivity contribution in [3.05, 3.63) is 29.3 Å². The number of rotatable bonds is 1. The molecule has 1 aromatic carbocycles. The Bertz CT molecular complexity index is 471. The van der Waals surface area contributed by atoms with Crippen LogP contribution in [0.3, 0.4) is 0 Å². The minimum absolute atomic E-state index is 0.0207. The van der Waals surface area contributed by atoms with Crippen LogP contribution in [0.1, 0.15) is 27.2 Å². The molecule has 0 radical (unpaired) electrons. The highest BCUT2D eigenvalue weighted by molar-refractivity contribution is 8.14. The minimum Gasteiger partial charge on any atom is -0.324 e. The summed E-state index contributed by atoms with van der Waals surface area (Å²) in [5.74, 6) is 0. The van der Waals surface area contributed by atoms with Crippen LogP contribution in [-0.4, -0.2) is 23.0 Å². The van der Waals surface area contributed by atoms with E-state index in [1.807, 2.05) is 37.0 Å². The van der Waals surface area contributed by atoms with E-state index in [9.17, 15) is 0 Å². The first-order chi connectivity index (χ1) is 8.37. The van der Waals surface area contributed by atoms with Crippen molar-refractivity contribution in [3.63, 3.8) is 0 Å². The molecule has 0 bridgehead atoms. The molecule has 1 atom stereocenters. The third-order valence-corrected chi connectivity index (χ3v) is 4.35. The minimum atomic E-state index is 0.0207. The van der Waals surface area contributed by atoms with Gasteiger partial charge in [-0.2, -0.15) is 0 Å². The fourth-order valence-corrected chi connectivity index (χ4v) is 3.80. The molecule has 0 N–H and O–H groups in total. The number of thioether (sulfide) groups is 1. The largest absolute Gasteiger partial charge is 0.324 e. The molecular formula is C14H19ClN2S. The third-order valence-electron chi connectivity index (χ3n) is 2.97. The first kappa shape index (κ1) is 13.8. The van der Waals surface area contributed by atoms with Gasteiger partial charge in [0.1, 0.15) is 0 Å². The van der Waals surface area contributed by atoms with Crippen molar-refractivity contribution in [3.8, 4) is 0 Å². The lowest BCUT2D eigenvalue weighted by Crippen LogP contribution is -2.35. The maximum absolute atomic E-state index is 6.04. The van der Waals surface area contributed by atoms with Crippen molar-refractivity contribution < 1.29 is 0 Å². The van der Waals surface area contributed by atoms with Crippen LogP contribution in [0.25, 0.3) is 0 Å². The van der Waals surface area contributed by atoms with Crippen molar-refractivity contribution in [1.29, 1.82) is 0 Å². The summed E-state index contributed by atoms with van der Waals surface area (Å²) in [5, 5.41) is 2.42. The van der Waals surface area contributed by atoms with Crippen molar-refractivity contribution in [1.82, 2.24) is 0 Å². The van der Waals surface area contributed by atoms with Crippen molar-refractivity contribution in [2.75, 3.05) is 11.9 Å². The second-order valence-electron chi connectivity index (χ2n) is 5.38. The van der Waals surface area contributed by atoms with Gasteiger partial charge in [0, 0.05) is 23.0 Å². The Kier molecular flexibility index (Phi) is 3.93. The summed E-state index contributed by atoms with van der Waals surface area (Å²) in [6.07, 6.45) is 1.12. The number of anilines is 1. The van der Waals surface area contributed by atoms with E-state index in [-0.39, 0.29) is 5.54 Å². The molecule has 0 aliphatic carbocycles. The SMILES string of the molecule is CC1CC(C)(C)N=C(N(C)c2cccc(Cl)c2)S1. The molecule has 0 saturated carbocycles. The zero-order chi connectivity index (χ0) is 13.3. The molecule has 1 unspecified atom stereocenters. The zero-order valence-corrected chi connectivity index (χ0v) is 12.8. The number of benzene rings is 1. The van der Waals surface area contributed by atoms with Gasteiger partial charge in [-0.15, -0.1) is 0 Å². The molecule has 1 aliphatic rings. The molecule has 2 rings (SSSR count). The molecule has 0 aromatic heterocycles. The molecule has 1 heterocycles. The molecule has 1 aromatic rings. The van der Waals surface area contributed by atoms with E-state index in [0.29, 0.717) is 5.25 Å². The number of aliphatic imine (C=N–C) groups is 1. The summed E-state index contributed by atoms with van der Waals surface area (Å²) in [4.78, 5) is 6.95. The van der Waals surface area contributed by atoms with E-state index in [4.69, 9.17) is 16.6 Å². The van der Waals surface area contributed by atoms with Gasteiger partial charge >= 0.3 is 0 Å². The molecule has 0 amide bonds. The van der Waals surface area contributed by atoms with Gasteiger partial charge in [0.2, 0.25) is 0 Å². The van der Waals surface area contributed by atoms with Crippen LogP contribution < -0.4 is 4.90 Å². The number of hydrogen-bond acceptors (Lipinski definition) is 3. The molecule has 1 aliphatic heterocycles. The third kappa shape index (κ3) is 3.21. The number of halogens is 1. The fourth-order valence-electron chi connectivity index (χ4n) is 2.21. The van der Waals surface area contributed by atoms with Crippen LogP contribution >= 0.6 is 23.4 Å². The quantitative estimate of drug-likeness (QED) is 0.757. The highest BCUT2D eigenvalue weighted by Crippen LogP contribution is 2.34. The summed E-state index contributed by atoms with van der Waals surface area (Å²) in [7, 11) is 2.05. The summed E-state index contributed by atoms with van der Waals surface area (Å²) >= 11 is 7.87. The highest BCUT2D eigenvalue weighted by Gasteiger charge is 2.29. The zero-order valence-electron chi connectivity index (χ0n) is 11.3. The van der Waals surface area contributed by atoms with Crippen LogP contribution in [-0.2, 0) is 0 Å². The lowest BCUT2D eigenvalue weighted by molar-refractivity contribution is 0.476. The average molecular weight is 283 g/mol. The Balaban J connectivity index is 2.28. The van der Waals surface area contributed by atoms with E-state index in [0.717, 1.165) is 22.3 Å². The maximum atomic E-state index is 6.04. The Morgan fingerprint density at radius 2 is 2.17 bits per heavy atom. The Morgan fingerprint density at radius 3 is 2.78 bits per heavy atom. The Hall–Kier alpha value is -0.670. The first-order valence-electron chi connectivity index (χ1n) is 6.13. The van der Waals surface area contributed by atoms with Crippen molar-refractivity contribution >= 4 is 34.2 Å². The first-order valence-corrected chi connectivity index (χ1v) is 7.39. The van der Waals surface area contributed by atoms with Gasteiger partial charge in [-0.25, -0.2) is 0 Å². The summed E-state index contributed by atoms with van der Waals surface area (Å²) in [5.41, 5.74) is 1.10. The summed E-state index contributed by atoms with van der Waals surface area (Å²) in [6.45, 7) is 6.64. The highest BCUT2D eigenvalue weighted by atomic mass is 35.5. The number of nitrogens with zero attached hydrogens (tertiary/aromatic N) is 2. The van der Waals surface area contributed by atoms with Crippen LogP contribution in [0.15, 0.2) is 29.3 Å². The van der Waals surface area contributed by atoms with E-state index in [2.05, 4.69) is 31.7 Å². The van der Waals surface area contributed by atoms with Gasteiger partial charge in [-0.3, -0.25) is 4.99 Å². The van der Waals surface area contributed by atoms with Gasteiger partial charge in [0.25, 0.3) is 0 Å². The second-order valence-corrected chi connectivity index (χ2v) is 7.22. The Labute approximate surface area is 118 Å². The van der Waals surface area contributed by atoms with Gasteiger partial charge < -0.3 is 4.90 Å². The fraction of sp³-hybridized carbons (Fsp3) is 0.500. The molecule has 2 nitrogen and oxygen atoms in total. The molecular weight excluding hydrogens is 264 g/mol. The average Bonchev–Trinajstić information content (AvgIpc) is 2.25. The molecule has 0 saturated heterocycles. The van der Waals surface area contributed by atoms with E-state index < -0.39 is 0 Å². The van der Waals surface area contributed by atoms with Gasteiger partial charge in [0.15, 0.2) is 5.17 Å². The molecule has 0 fully saturated rings. The summed E-state index contributed by atoms with van der Waals surface area (Å²) in [6, 6.07) is 7.89. The van der Waals surface area contributed by atoms with Crippen LogP contribution in [0.5, 0.6) is 0 Å². The van der Waals surface area contributed by atoms with Crippen molar-refractivity contribution in [2.45, 2.75) is 38.0 Å². The molecule has 4 heteroatoms. The van der Waals surface area contributed by atoms with Gasteiger partial charge in [-0.1, -0.05) is 36.4 Å².